The molecular weight excluding hydrogens is 380 g/mol. The molecule has 0 amide bonds. The largest absolute Gasteiger partial charge is 0.463 e. The SMILES string of the molecule is Cc1ccc(-c2nn(-c3ccccc3)cc2/C=C/C(=O)O[C@H]2CCOC2=O)cc1C. The smallest absolute Gasteiger partial charge is 0.347 e. The summed E-state index contributed by atoms with van der Waals surface area (Å²) in [5.41, 5.74) is 5.76. The molecule has 1 atom stereocenters. The topological polar surface area (TPSA) is 70.4 Å². The number of hydrogen-bond donors (Lipinski definition) is 0. The standard InChI is InChI=1S/C24H22N2O4/c1-16-8-9-18(14-17(16)2)23-19(15-26(25-23)20-6-4-3-5-7-20)10-11-22(27)30-21-12-13-29-24(21)28/h3-11,14-15,21H,12-13H2,1-2H3/b11-10+/t21-/m0/s1. The number of nitrogens with zero attached hydrogens (tertiary/aromatic N) is 2. The lowest BCUT2D eigenvalue weighted by Gasteiger charge is -2.05. The van der Waals surface area contributed by atoms with E-state index in [2.05, 4.69) is 26.0 Å². The molecule has 0 radical (unpaired) electrons. The van der Waals surface area contributed by atoms with Gasteiger partial charge in [-0.3, -0.25) is 0 Å². The molecule has 6 nitrogen and oxygen atoms in total. The summed E-state index contributed by atoms with van der Waals surface area (Å²) in [6.45, 7) is 4.40. The van der Waals surface area contributed by atoms with E-state index in [1.54, 1.807) is 10.8 Å². The van der Waals surface area contributed by atoms with Crippen LogP contribution < -0.4 is 0 Å². The van der Waals surface area contributed by atoms with Crippen LogP contribution in [0.2, 0.25) is 0 Å². The maximum atomic E-state index is 12.2. The summed E-state index contributed by atoms with van der Waals surface area (Å²) in [6.07, 6.45) is 4.42. The fraction of sp³-hybridized carbons (Fsp3) is 0.208. The van der Waals surface area contributed by atoms with E-state index in [0.29, 0.717) is 6.42 Å². The Balaban J connectivity index is 1.66. The van der Waals surface area contributed by atoms with Gasteiger partial charge in [0.15, 0.2) is 0 Å². The maximum Gasteiger partial charge on any atom is 0.347 e. The molecule has 2 heterocycles. The molecule has 152 valence electrons. The lowest BCUT2D eigenvalue weighted by Crippen LogP contribution is -2.21. The van der Waals surface area contributed by atoms with E-state index in [1.165, 1.54) is 11.6 Å². The number of carbonyl (C=O) groups excluding carboxylic acids is 2. The Morgan fingerprint density at radius 3 is 2.67 bits per heavy atom. The van der Waals surface area contributed by atoms with Crippen molar-refractivity contribution in [3.8, 4) is 16.9 Å². The molecular formula is C24H22N2O4. The van der Waals surface area contributed by atoms with Crippen molar-refractivity contribution in [2.45, 2.75) is 26.4 Å². The molecule has 0 unspecified atom stereocenters. The van der Waals surface area contributed by atoms with E-state index in [-0.39, 0.29) is 6.61 Å². The Bertz CT molecular complexity index is 1120. The van der Waals surface area contributed by atoms with E-state index in [1.807, 2.05) is 42.6 Å². The number of para-hydroxylation sites is 1. The van der Waals surface area contributed by atoms with Gasteiger partial charge in [0.25, 0.3) is 0 Å². The summed E-state index contributed by atoms with van der Waals surface area (Å²) in [5, 5.41) is 4.75. The van der Waals surface area contributed by atoms with Crippen LogP contribution in [-0.2, 0) is 19.1 Å². The molecule has 30 heavy (non-hydrogen) atoms. The molecule has 2 aromatic carbocycles. The van der Waals surface area contributed by atoms with Crippen LogP contribution >= 0.6 is 0 Å². The third-order valence-electron chi connectivity index (χ3n) is 5.09. The number of aromatic nitrogens is 2. The van der Waals surface area contributed by atoms with Gasteiger partial charge in [-0.15, -0.1) is 0 Å². The number of rotatable bonds is 5. The quantitative estimate of drug-likeness (QED) is 0.476. The number of carbonyl (C=O) groups is 2. The maximum absolute atomic E-state index is 12.2. The highest BCUT2D eigenvalue weighted by molar-refractivity contribution is 5.91. The molecule has 0 saturated carbocycles. The van der Waals surface area contributed by atoms with Crippen molar-refractivity contribution < 1.29 is 19.1 Å². The van der Waals surface area contributed by atoms with E-state index in [4.69, 9.17) is 14.6 Å². The third kappa shape index (κ3) is 4.17. The summed E-state index contributed by atoms with van der Waals surface area (Å²) >= 11 is 0. The van der Waals surface area contributed by atoms with Gasteiger partial charge in [-0.2, -0.15) is 5.10 Å². The third-order valence-corrected chi connectivity index (χ3v) is 5.09. The molecule has 0 spiro atoms. The molecule has 1 aliphatic heterocycles. The van der Waals surface area contributed by atoms with Crippen LogP contribution in [0.25, 0.3) is 23.0 Å². The fourth-order valence-electron chi connectivity index (χ4n) is 3.26. The summed E-state index contributed by atoms with van der Waals surface area (Å²) in [6, 6.07) is 15.9. The van der Waals surface area contributed by atoms with Crippen molar-refractivity contribution in [1.29, 1.82) is 0 Å². The molecule has 1 saturated heterocycles. The van der Waals surface area contributed by atoms with Gasteiger partial charge in [0, 0.05) is 29.8 Å². The number of aryl methyl sites for hydroxylation is 2. The number of benzene rings is 2. The van der Waals surface area contributed by atoms with Crippen LogP contribution in [0.1, 0.15) is 23.1 Å². The molecule has 1 aliphatic rings. The van der Waals surface area contributed by atoms with Crippen LogP contribution in [0.3, 0.4) is 0 Å². The van der Waals surface area contributed by atoms with Crippen molar-refractivity contribution in [2.75, 3.05) is 6.61 Å². The van der Waals surface area contributed by atoms with Gasteiger partial charge in [-0.1, -0.05) is 30.3 Å². The van der Waals surface area contributed by atoms with Crippen LogP contribution in [0.5, 0.6) is 0 Å². The Morgan fingerprint density at radius 1 is 1.17 bits per heavy atom. The number of hydrogen-bond acceptors (Lipinski definition) is 5. The van der Waals surface area contributed by atoms with Crippen LogP contribution in [0.4, 0.5) is 0 Å². The van der Waals surface area contributed by atoms with Crippen molar-refractivity contribution in [3.05, 3.63) is 77.5 Å². The van der Waals surface area contributed by atoms with Gasteiger partial charge in [-0.05, 0) is 49.2 Å². The number of ether oxygens (including phenoxy) is 2. The van der Waals surface area contributed by atoms with Gasteiger partial charge in [0.2, 0.25) is 6.10 Å². The lowest BCUT2D eigenvalue weighted by molar-refractivity contribution is -0.156. The predicted octanol–water partition coefficient (Wildman–Crippen LogP) is 4.03. The molecule has 1 fully saturated rings. The van der Waals surface area contributed by atoms with Crippen molar-refractivity contribution in [2.24, 2.45) is 0 Å². The lowest BCUT2D eigenvalue weighted by atomic mass is 10.0. The fourth-order valence-corrected chi connectivity index (χ4v) is 3.26. The van der Waals surface area contributed by atoms with Gasteiger partial charge >= 0.3 is 11.9 Å². The Hall–Kier alpha value is -3.67. The van der Waals surface area contributed by atoms with E-state index < -0.39 is 18.0 Å². The van der Waals surface area contributed by atoms with Gasteiger partial charge in [0.1, 0.15) is 0 Å². The van der Waals surface area contributed by atoms with Crippen molar-refractivity contribution in [1.82, 2.24) is 9.78 Å². The average Bonchev–Trinajstić information content (AvgIpc) is 3.36. The van der Waals surface area contributed by atoms with Gasteiger partial charge < -0.3 is 9.47 Å². The summed E-state index contributed by atoms with van der Waals surface area (Å²) in [7, 11) is 0. The molecule has 0 aliphatic carbocycles. The molecule has 1 aromatic heterocycles. The Kier molecular flexibility index (Phi) is 5.48. The minimum Gasteiger partial charge on any atom is -0.463 e. The molecule has 6 heteroatoms. The molecule has 4 rings (SSSR count). The molecule has 3 aromatic rings. The summed E-state index contributed by atoms with van der Waals surface area (Å²) < 4.78 is 11.8. The Morgan fingerprint density at radius 2 is 1.97 bits per heavy atom. The second-order valence-electron chi connectivity index (χ2n) is 7.23. The first kappa shape index (κ1) is 19.6. The first-order chi connectivity index (χ1) is 14.5. The first-order valence-corrected chi connectivity index (χ1v) is 9.79. The zero-order valence-corrected chi connectivity index (χ0v) is 16.9. The minimum absolute atomic E-state index is 0.279. The monoisotopic (exact) mass is 402 g/mol. The van der Waals surface area contributed by atoms with Crippen molar-refractivity contribution in [3.63, 3.8) is 0 Å². The molecule has 0 bridgehead atoms. The minimum atomic E-state index is -0.826. The molecule has 0 N–H and O–H groups in total. The highest BCUT2D eigenvalue weighted by Crippen LogP contribution is 2.27. The second-order valence-corrected chi connectivity index (χ2v) is 7.23. The first-order valence-electron chi connectivity index (χ1n) is 9.79. The van der Waals surface area contributed by atoms with Crippen LogP contribution in [-0.4, -0.2) is 34.4 Å². The van der Waals surface area contributed by atoms with Gasteiger partial charge in [0.05, 0.1) is 18.0 Å². The highest BCUT2D eigenvalue weighted by Gasteiger charge is 2.29. The normalized spacial score (nSPS) is 16.1. The van der Waals surface area contributed by atoms with E-state index >= 15 is 0 Å². The van der Waals surface area contributed by atoms with E-state index in [0.717, 1.165) is 28.1 Å². The summed E-state index contributed by atoms with van der Waals surface area (Å²) in [4.78, 5) is 23.7. The zero-order valence-electron chi connectivity index (χ0n) is 16.9. The van der Waals surface area contributed by atoms with E-state index in [9.17, 15) is 9.59 Å². The second kappa shape index (κ2) is 8.37. The highest BCUT2D eigenvalue weighted by atomic mass is 16.6. The predicted molar refractivity (Wildman–Crippen MR) is 113 cm³/mol. The number of cyclic esters (lactones) is 1. The van der Waals surface area contributed by atoms with Crippen LogP contribution in [0, 0.1) is 13.8 Å². The zero-order chi connectivity index (χ0) is 21.1. The van der Waals surface area contributed by atoms with Crippen LogP contribution in [0.15, 0.2) is 60.8 Å². The van der Waals surface area contributed by atoms with Crippen molar-refractivity contribution >= 4 is 18.0 Å². The number of esters is 2. The van der Waals surface area contributed by atoms with Gasteiger partial charge in [-0.25, -0.2) is 14.3 Å². The Labute approximate surface area is 174 Å². The average molecular weight is 402 g/mol. The summed E-state index contributed by atoms with van der Waals surface area (Å²) in [5.74, 6) is -1.08.